The van der Waals surface area contributed by atoms with Crippen LogP contribution in [0.1, 0.15) is 32.8 Å². The van der Waals surface area contributed by atoms with Gasteiger partial charge in [0.15, 0.2) is 0 Å². The molecule has 1 aromatic rings. The first-order chi connectivity index (χ1) is 8.15. The van der Waals surface area contributed by atoms with Gasteiger partial charge in [0.1, 0.15) is 0 Å². The summed E-state index contributed by atoms with van der Waals surface area (Å²) in [5.74, 6) is 0.553. The quantitative estimate of drug-likeness (QED) is 0.667. The highest BCUT2D eigenvalue weighted by molar-refractivity contribution is 5.79. The molecule has 0 N–H and O–H groups in total. The molecular formula is C16H21N. The van der Waals surface area contributed by atoms with E-state index in [9.17, 15) is 0 Å². The van der Waals surface area contributed by atoms with E-state index in [0.717, 1.165) is 17.6 Å². The van der Waals surface area contributed by atoms with Crippen LogP contribution in [0.25, 0.3) is 5.57 Å². The highest BCUT2D eigenvalue weighted by Crippen LogP contribution is 2.22. The van der Waals surface area contributed by atoms with Gasteiger partial charge >= 0.3 is 0 Å². The van der Waals surface area contributed by atoms with Crippen molar-refractivity contribution in [2.45, 2.75) is 27.2 Å². The zero-order chi connectivity index (χ0) is 12.7. The Morgan fingerprint density at radius 1 is 1.47 bits per heavy atom. The van der Waals surface area contributed by atoms with Crippen molar-refractivity contribution >= 4 is 5.57 Å². The van der Waals surface area contributed by atoms with E-state index in [-0.39, 0.29) is 0 Å². The van der Waals surface area contributed by atoms with Crippen LogP contribution in [0, 0.1) is 5.92 Å². The second-order valence-electron chi connectivity index (χ2n) is 4.39. The molecule has 0 saturated carbocycles. The number of allylic oxidation sites excluding steroid dienone is 5. The summed E-state index contributed by atoms with van der Waals surface area (Å²) in [4.78, 5) is 4.13. The molecule has 0 fully saturated rings. The maximum atomic E-state index is 4.16. The monoisotopic (exact) mass is 227 g/mol. The lowest BCUT2D eigenvalue weighted by Crippen LogP contribution is -1.88. The average molecular weight is 227 g/mol. The highest BCUT2D eigenvalue weighted by Gasteiger charge is 2.02. The summed E-state index contributed by atoms with van der Waals surface area (Å²) in [5.41, 5.74) is 3.31. The first-order valence-electron chi connectivity index (χ1n) is 6.13. The van der Waals surface area contributed by atoms with Crippen LogP contribution in [0.5, 0.6) is 0 Å². The van der Waals surface area contributed by atoms with Crippen molar-refractivity contribution < 1.29 is 0 Å². The number of hydrogen-bond acceptors (Lipinski definition) is 1. The molecule has 0 bridgehead atoms. The Kier molecular flexibility index (Phi) is 5.41. The third-order valence-corrected chi connectivity index (χ3v) is 2.44. The fourth-order valence-corrected chi connectivity index (χ4v) is 1.52. The molecule has 1 aromatic heterocycles. The van der Waals surface area contributed by atoms with Crippen molar-refractivity contribution in [2.24, 2.45) is 5.92 Å². The molecule has 0 atom stereocenters. The van der Waals surface area contributed by atoms with Gasteiger partial charge in [0.2, 0.25) is 0 Å². The molecule has 0 aliphatic rings. The SMILES string of the molecule is C=C(C(/C=C\C(C)C)=C/CC)c1cccnc1. The summed E-state index contributed by atoms with van der Waals surface area (Å²) >= 11 is 0. The van der Waals surface area contributed by atoms with E-state index in [1.807, 2.05) is 18.3 Å². The summed E-state index contributed by atoms with van der Waals surface area (Å²) in [5, 5.41) is 0. The van der Waals surface area contributed by atoms with E-state index < -0.39 is 0 Å². The Bertz CT molecular complexity index is 410. The number of rotatable bonds is 5. The first-order valence-corrected chi connectivity index (χ1v) is 6.13. The lowest BCUT2D eigenvalue weighted by atomic mass is 9.98. The minimum atomic E-state index is 0.553. The summed E-state index contributed by atoms with van der Waals surface area (Å²) in [6.07, 6.45) is 11.2. The molecule has 0 unspecified atom stereocenters. The normalized spacial score (nSPS) is 12.4. The number of aromatic nitrogens is 1. The molecule has 0 aromatic carbocycles. The van der Waals surface area contributed by atoms with Crippen LogP contribution in [0.15, 0.2) is 54.9 Å². The van der Waals surface area contributed by atoms with Gasteiger partial charge in [0.25, 0.3) is 0 Å². The molecule has 1 nitrogen and oxygen atoms in total. The van der Waals surface area contributed by atoms with Gasteiger partial charge in [0.05, 0.1) is 0 Å². The minimum absolute atomic E-state index is 0.553. The van der Waals surface area contributed by atoms with Crippen molar-refractivity contribution in [3.63, 3.8) is 0 Å². The molecule has 0 aliphatic heterocycles. The predicted molar refractivity (Wildman–Crippen MR) is 75.6 cm³/mol. The van der Waals surface area contributed by atoms with Crippen LogP contribution in [0.4, 0.5) is 0 Å². The largest absolute Gasteiger partial charge is 0.264 e. The zero-order valence-electron chi connectivity index (χ0n) is 11.0. The Morgan fingerprint density at radius 2 is 2.24 bits per heavy atom. The molecule has 0 saturated heterocycles. The van der Waals surface area contributed by atoms with E-state index in [2.05, 4.69) is 50.6 Å². The number of pyridine rings is 1. The predicted octanol–water partition coefficient (Wildman–Crippen LogP) is 4.64. The summed E-state index contributed by atoms with van der Waals surface area (Å²) in [6.45, 7) is 10.6. The summed E-state index contributed by atoms with van der Waals surface area (Å²) in [6, 6.07) is 3.98. The zero-order valence-corrected chi connectivity index (χ0v) is 11.0. The summed E-state index contributed by atoms with van der Waals surface area (Å²) in [7, 11) is 0. The third kappa shape index (κ3) is 4.39. The van der Waals surface area contributed by atoms with Crippen LogP contribution >= 0.6 is 0 Å². The fourth-order valence-electron chi connectivity index (χ4n) is 1.52. The Hall–Kier alpha value is -1.63. The standard InChI is InChI=1S/C16H21N/c1-5-7-15(10-9-13(2)3)14(4)16-8-6-11-17-12-16/h6-13H,4-5H2,1-3H3/b10-9-,15-7+. The topological polar surface area (TPSA) is 12.9 Å². The van der Waals surface area contributed by atoms with Crippen LogP contribution in [0.2, 0.25) is 0 Å². The minimum Gasteiger partial charge on any atom is -0.264 e. The molecule has 1 rings (SSSR count). The van der Waals surface area contributed by atoms with Gasteiger partial charge in [-0.15, -0.1) is 0 Å². The van der Waals surface area contributed by atoms with Gasteiger partial charge in [-0.1, -0.05) is 51.6 Å². The average Bonchev–Trinajstić information content (AvgIpc) is 2.34. The van der Waals surface area contributed by atoms with Crippen LogP contribution in [-0.2, 0) is 0 Å². The van der Waals surface area contributed by atoms with Crippen molar-refractivity contribution in [2.75, 3.05) is 0 Å². The van der Waals surface area contributed by atoms with Gasteiger partial charge in [-0.25, -0.2) is 0 Å². The van der Waals surface area contributed by atoms with Crippen molar-refractivity contribution in [3.8, 4) is 0 Å². The van der Waals surface area contributed by atoms with E-state index in [1.165, 1.54) is 5.57 Å². The van der Waals surface area contributed by atoms with Crippen LogP contribution < -0.4 is 0 Å². The lowest BCUT2D eigenvalue weighted by molar-refractivity contribution is 0.831. The molecule has 0 spiro atoms. The first kappa shape index (κ1) is 13.4. The van der Waals surface area contributed by atoms with Crippen molar-refractivity contribution in [1.82, 2.24) is 4.98 Å². The molecule has 0 radical (unpaired) electrons. The van der Waals surface area contributed by atoms with Gasteiger partial charge in [-0.05, 0) is 35.1 Å². The molecule has 1 heteroatoms. The van der Waals surface area contributed by atoms with Crippen LogP contribution in [-0.4, -0.2) is 4.98 Å². The molecule has 0 amide bonds. The second kappa shape index (κ2) is 6.85. The van der Waals surface area contributed by atoms with Gasteiger partial charge < -0.3 is 0 Å². The van der Waals surface area contributed by atoms with Gasteiger partial charge in [-0.3, -0.25) is 4.98 Å². The molecule has 90 valence electrons. The van der Waals surface area contributed by atoms with Crippen LogP contribution in [0.3, 0.4) is 0 Å². The molecular weight excluding hydrogens is 206 g/mol. The van der Waals surface area contributed by atoms with Gasteiger partial charge in [-0.2, -0.15) is 0 Å². The smallest absolute Gasteiger partial charge is 0.0346 e. The van der Waals surface area contributed by atoms with E-state index in [0.29, 0.717) is 5.92 Å². The maximum Gasteiger partial charge on any atom is 0.0346 e. The Balaban J connectivity index is 2.93. The van der Waals surface area contributed by atoms with E-state index >= 15 is 0 Å². The Morgan fingerprint density at radius 3 is 2.76 bits per heavy atom. The molecule has 17 heavy (non-hydrogen) atoms. The summed E-state index contributed by atoms with van der Waals surface area (Å²) < 4.78 is 0. The van der Waals surface area contributed by atoms with Crippen molar-refractivity contribution in [3.05, 3.63) is 60.5 Å². The number of nitrogens with zero attached hydrogens (tertiary/aromatic N) is 1. The van der Waals surface area contributed by atoms with E-state index in [4.69, 9.17) is 0 Å². The van der Waals surface area contributed by atoms with E-state index in [1.54, 1.807) is 6.20 Å². The Labute approximate surface area is 105 Å². The molecule has 1 heterocycles. The number of hydrogen-bond donors (Lipinski definition) is 0. The third-order valence-electron chi connectivity index (χ3n) is 2.44. The lowest BCUT2D eigenvalue weighted by Gasteiger charge is -2.07. The van der Waals surface area contributed by atoms with Crippen molar-refractivity contribution in [1.29, 1.82) is 0 Å². The van der Waals surface area contributed by atoms with Gasteiger partial charge in [0, 0.05) is 12.4 Å². The fraction of sp³-hybridized carbons (Fsp3) is 0.312. The maximum absolute atomic E-state index is 4.16. The highest BCUT2D eigenvalue weighted by atomic mass is 14.6. The second-order valence-corrected chi connectivity index (χ2v) is 4.39. The molecule has 0 aliphatic carbocycles.